The molecule has 0 aromatic heterocycles. The molecule has 1 aromatic rings. The lowest BCUT2D eigenvalue weighted by Gasteiger charge is -2.31. The number of rotatable bonds is 6. The van der Waals surface area contributed by atoms with Gasteiger partial charge in [0.25, 0.3) is 0 Å². The smallest absolute Gasteiger partial charge is 0.409 e. The average Bonchev–Trinajstić information content (AvgIpc) is 2.66. The predicted molar refractivity (Wildman–Crippen MR) is 112 cm³/mol. The van der Waals surface area contributed by atoms with Gasteiger partial charge in [-0.05, 0) is 42.9 Å². The Morgan fingerprint density at radius 1 is 1.25 bits per heavy atom. The third kappa shape index (κ3) is 6.94. The number of piperidine rings is 1. The van der Waals surface area contributed by atoms with Gasteiger partial charge in [-0.15, -0.1) is 0 Å². The number of guanidine groups is 1. The van der Waals surface area contributed by atoms with Crippen molar-refractivity contribution in [3.05, 3.63) is 29.8 Å². The molecule has 1 fully saturated rings. The second-order valence-corrected chi connectivity index (χ2v) is 7.99. The summed E-state index contributed by atoms with van der Waals surface area (Å²) in [5.74, 6) is 1.25. The summed E-state index contributed by atoms with van der Waals surface area (Å²) < 4.78 is 10.8. The highest BCUT2D eigenvalue weighted by Gasteiger charge is 2.23. The number of nitrogens with one attached hydrogen (secondary N) is 1. The zero-order valence-electron chi connectivity index (χ0n) is 17.5. The van der Waals surface area contributed by atoms with Crippen LogP contribution in [-0.2, 0) is 10.2 Å². The van der Waals surface area contributed by atoms with E-state index in [1.807, 2.05) is 19.1 Å². The van der Waals surface area contributed by atoms with Crippen LogP contribution >= 0.6 is 0 Å². The van der Waals surface area contributed by atoms with Crippen LogP contribution in [-0.4, -0.2) is 55.8 Å². The molecule has 3 N–H and O–H groups in total. The van der Waals surface area contributed by atoms with E-state index < -0.39 is 0 Å². The van der Waals surface area contributed by atoms with Gasteiger partial charge in [0.05, 0.1) is 13.2 Å². The van der Waals surface area contributed by atoms with Gasteiger partial charge >= 0.3 is 6.09 Å². The Morgan fingerprint density at radius 2 is 1.89 bits per heavy atom. The van der Waals surface area contributed by atoms with Crippen LogP contribution in [0.25, 0.3) is 0 Å². The van der Waals surface area contributed by atoms with Crippen molar-refractivity contribution in [3.63, 3.8) is 0 Å². The number of aliphatic imine (C=N–C) groups is 1. The minimum Gasteiger partial charge on any atom is -0.492 e. The number of carbonyl (C=O) groups is 1. The van der Waals surface area contributed by atoms with Crippen molar-refractivity contribution in [1.82, 2.24) is 10.2 Å². The summed E-state index contributed by atoms with van der Waals surface area (Å²) in [5.41, 5.74) is 7.38. The Kier molecular flexibility index (Phi) is 7.96. The molecule has 0 unspecified atom stereocenters. The first kappa shape index (κ1) is 21.9. The Hall–Kier alpha value is -2.44. The zero-order chi connectivity index (χ0) is 20.6. The summed E-state index contributed by atoms with van der Waals surface area (Å²) >= 11 is 0. The Balaban J connectivity index is 1.67. The monoisotopic (exact) mass is 390 g/mol. The van der Waals surface area contributed by atoms with Crippen molar-refractivity contribution in [2.24, 2.45) is 10.7 Å². The molecular formula is C21H34N4O3. The number of ether oxygens (including phenoxy) is 2. The van der Waals surface area contributed by atoms with Crippen molar-refractivity contribution in [2.75, 3.05) is 32.8 Å². The van der Waals surface area contributed by atoms with Crippen LogP contribution < -0.4 is 15.8 Å². The summed E-state index contributed by atoms with van der Waals surface area (Å²) in [6.07, 6.45) is 1.41. The molecule has 1 heterocycles. The molecule has 0 atom stereocenters. The van der Waals surface area contributed by atoms with E-state index in [0.29, 0.717) is 38.8 Å². The molecule has 1 aliphatic heterocycles. The molecule has 7 heteroatoms. The fraction of sp³-hybridized carbons (Fsp3) is 0.619. The lowest BCUT2D eigenvalue weighted by Crippen LogP contribution is -2.48. The topological polar surface area (TPSA) is 89.2 Å². The van der Waals surface area contributed by atoms with Crippen LogP contribution in [0.4, 0.5) is 4.79 Å². The summed E-state index contributed by atoms with van der Waals surface area (Å²) in [7, 11) is 0. The van der Waals surface area contributed by atoms with Crippen LogP contribution in [0, 0.1) is 0 Å². The first-order valence-electron chi connectivity index (χ1n) is 10.0. The Labute approximate surface area is 168 Å². The number of nitrogens with zero attached hydrogens (tertiary/aromatic N) is 2. The minimum atomic E-state index is -0.240. The van der Waals surface area contributed by atoms with Crippen molar-refractivity contribution < 1.29 is 14.3 Å². The maximum atomic E-state index is 11.7. The quantitative estimate of drug-likeness (QED) is 0.443. The average molecular weight is 391 g/mol. The van der Waals surface area contributed by atoms with Gasteiger partial charge in [0.15, 0.2) is 5.96 Å². The maximum Gasteiger partial charge on any atom is 0.409 e. The molecule has 0 spiro atoms. The fourth-order valence-electron chi connectivity index (χ4n) is 3.06. The number of hydrogen-bond acceptors (Lipinski definition) is 4. The summed E-state index contributed by atoms with van der Waals surface area (Å²) in [6, 6.07) is 8.39. The zero-order valence-corrected chi connectivity index (χ0v) is 17.5. The molecule has 1 amide bonds. The molecule has 1 aliphatic rings. The number of hydrogen-bond donors (Lipinski definition) is 2. The summed E-state index contributed by atoms with van der Waals surface area (Å²) in [5, 5.41) is 3.23. The molecule has 2 rings (SSSR count). The Bertz CT molecular complexity index is 645. The van der Waals surface area contributed by atoms with E-state index in [1.165, 1.54) is 5.56 Å². The fourth-order valence-corrected chi connectivity index (χ4v) is 3.06. The second-order valence-electron chi connectivity index (χ2n) is 7.99. The van der Waals surface area contributed by atoms with E-state index >= 15 is 0 Å². The standard InChI is InChI=1S/C21H34N4O3/c1-5-27-20(26)25-13-10-17(11-14-25)24-19(22)23-12-15-28-18-8-6-16(7-9-18)21(2,3)4/h6-9,17H,5,10-15H2,1-4H3,(H3,22,23,24). The third-order valence-electron chi connectivity index (χ3n) is 4.74. The van der Waals surface area contributed by atoms with Gasteiger partial charge in [0.2, 0.25) is 0 Å². The number of carbonyl (C=O) groups excluding carboxylic acids is 1. The van der Waals surface area contributed by atoms with Crippen molar-refractivity contribution >= 4 is 12.1 Å². The minimum absolute atomic E-state index is 0.134. The second kappa shape index (κ2) is 10.2. The molecule has 7 nitrogen and oxygen atoms in total. The molecule has 156 valence electrons. The molecule has 0 saturated carbocycles. The summed E-state index contributed by atoms with van der Waals surface area (Å²) in [6.45, 7) is 11.1. The molecule has 0 aliphatic carbocycles. The largest absolute Gasteiger partial charge is 0.492 e. The number of amides is 1. The highest BCUT2D eigenvalue weighted by molar-refractivity contribution is 5.78. The van der Waals surface area contributed by atoms with E-state index in [9.17, 15) is 4.79 Å². The third-order valence-corrected chi connectivity index (χ3v) is 4.74. The van der Waals surface area contributed by atoms with Crippen molar-refractivity contribution in [3.8, 4) is 5.75 Å². The number of likely N-dealkylation sites (tertiary alicyclic amines) is 1. The van der Waals surface area contributed by atoms with E-state index in [2.05, 4.69) is 43.2 Å². The van der Waals surface area contributed by atoms with Crippen molar-refractivity contribution in [2.45, 2.75) is 52.0 Å². The highest BCUT2D eigenvalue weighted by Crippen LogP contribution is 2.24. The van der Waals surface area contributed by atoms with Crippen molar-refractivity contribution in [1.29, 1.82) is 0 Å². The SMILES string of the molecule is CCOC(=O)N1CCC(NC(N)=NCCOc2ccc(C(C)(C)C)cc2)CC1. The molecule has 1 saturated heterocycles. The van der Waals surface area contributed by atoms with E-state index in [4.69, 9.17) is 15.2 Å². The van der Waals surface area contributed by atoms with E-state index in [0.717, 1.165) is 18.6 Å². The van der Waals surface area contributed by atoms with Crippen LogP contribution in [0.3, 0.4) is 0 Å². The van der Waals surface area contributed by atoms with Gasteiger partial charge < -0.3 is 25.4 Å². The molecule has 28 heavy (non-hydrogen) atoms. The Morgan fingerprint density at radius 3 is 2.46 bits per heavy atom. The van der Waals surface area contributed by atoms with E-state index in [-0.39, 0.29) is 17.6 Å². The van der Waals surface area contributed by atoms with Gasteiger partial charge in [-0.25, -0.2) is 9.79 Å². The number of benzene rings is 1. The first-order chi connectivity index (χ1) is 13.3. The van der Waals surface area contributed by atoms with Gasteiger partial charge in [0, 0.05) is 19.1 Å². The molecule has 0 radical (unpaired) electrons. The maximum absolute atomic E-state index is 11.7. The van der Waals surface area contributed by atoms with E-state index in [1.54, 1.807) is 4.90 Å². The first-order valence-corrected chi connectivity index (χ1v) is 10.0. The molecule has 1 aromatic carbocycles. The van der Waals surface area contributed by atoms with Crippen LogP contribution in [0.1, 0.15) is 46.1 Å². The molecule has 0 bridgehead atoms. The van der Waals surface area contributed by atoms with Crippen LogP contribution in [0.2, 0.25) is 0 Å². The van der Waals surface area contributed by atoms with Gasteiger partial charge in [-0.2, -0.15) is 0 Å². The lowest BCUT2D eigenvalue weighted by atomic mass is 9.87. The lowest BCUT2D eigenvalue weighted by molar-refractivity contribution is 0.0963. The summed E-state index contributed by atoms with van der Waals surface area (Å²) in [4.78, 5) is 17.8. The predicted octanol–water partition coefficient (Wildman–Crippen LogP) is 2.89. The number of nitrogens with two attached hydrogens (primary N) is 1. The van der Waals surface area contributed by atoms with Gasteiger partial charge in [-0.3, -0.25) is 0 Å². The van der Waals surface area contributed by atoms with Crippen LogP contribution in [0.15, 0.2) is 29.3 Å². The highest BCUT2D eigenvalue weighted by atomic mass is 16.6. The normalized spacial score (nSPS) is 16.0. The van der Waals surface area contributed by atoms with Crippen LogP contribution in [0.5, 0.6) is 5.75 Å². The van der Waals surface area contributed by atoms with Gasteiger partial charge in [-0.1, -0.05) is 32.9 Å². The molecular weight excluding hydrogens is 356 g/mol. The van der Waals surface area contributed by atoms with Gasteiger partial charge in [0.1, 0.15) is 12.4 Å².